The van der Waals surface area contributed by atoms with Crippen molar-refractivity contribution in [3.63, 3.8) is 0 Å². The maximum Gasteiger partial charge on any atom is 0.227 e. The number of hydrogen-bond donors (Lipinski definition) is 1. The predicted molar refractivity (Wildman–Crippen MR) is 78.2 cm³/mol. The molecule has 0 saturated heterocycles. The number of carbonyl (C=O) groups excluding carboxylic acids is 1. The Kier molecular flexibility index (Phi) is 6.03. The van der Waals surface area contributed by atoms with E-state index in [-0.39, 0.29) is 18.6 Å². The van der Waals surface area contributed by atoms with Crippen molar-refractivity contribution in [2.45, 2.75) is 46.6 Å². The van der Waals surface area contributed by atoms with Crippen LogP contribution >= 0.6 is 0 Å². The molecule has 0 radical (unpaired) electrons. The van der Waals surface area contributed by atoms with E-state index in [1.165, 1.54) is 11.1 Å². The molecule has 1 amide bonds. The van der Waals surface area contributed by atoms with Crippen LogP contribution in [0.4, 0.5) is 0 Å². The highest BCUT2D eigenvalue weighted by atomic mass is 16.3. The molecule has 1 aromatic carbocycles. The molecule has 1 aromatic rings. The Labute approximate surface area is 116 Å². The van der Waals surface area contributed by atoms with Gasteiger partial charge in [-0.15, -0.1) is 0 Å². The topological polar surface area (TPSA) is 40.5 Å². The fourth-order valence-corrected chi connectivity index (χ4v) is 2.10. The van der Waals surface area contributed by atoms with Gasteiger partial charge in [0.15, 0.2) is 0 Å². The molecule has 0 fully saturated rings. The minimum absolute atomic E-state index is 0.125. The molecule has 0 aliphatic rings. The molecule has 1 rings (SSSR count). The van der Waals surface area contributed by atoms with Crippen molar-refractivity contribution in [3.8, 4) is 0 Å². The van der Waals surface area contributed by atoms with Gasteiger partial charge in [0.1, 0.15) is 0 Å². The summed E-state index contributed by atoms with van der Waals surface area (Å²) in [5, 5.41) is 8.90. The van der Waals surface area contributed by atoms with E-state index in [4.69, 9.17) is 5.11 Å². The fraction of sp³-hybridized carbons (Fsp3) is 0.562. The first-order chi connectivity index (χ1) is 8.95. The summed E-state index contributed by atoms with van der Waals surface area (Å²) in [7, 11) is 0. The van der Waals surface area contributed by atoms with Crippen molar-refractivity contribution in [3.05, 3.63) is 34.9 Å². The summed E-state index contributed by atoms with van der Waals surface area (Å²) in [5.74, 6) is 0.131. The normalized spacial score (nSPS) is 10.8. The Balaban J connectivity index is 2.72. The van der Waals surface area contributed by atoms with Gasteiger partial charge in [0.2, 0.25) is 5.91 Å². The third-order valence-electron chi connectivity index (χ3n) is 3.43. The fourth-order valence-electron chi connectivity index (χ4n) is 2.10. The van der Waals surface area contributed by atoms with Gasteiger partial charge in [-0.3, -0.25) is 4.79 Å². The molecule has 0 aliphatic heterocycles. The number of amides is 1. The lowest BCUT2D eigenvalue weighted by Crippen LogP contribution is -2.39. The quantitative estimate of drug-likeness (QED) is 0.856. The molecule has 0 atom stereocenters. The summed E-state index contributed by atoms with van der Waals surface area (Å²) in [4.78, 5) is 14.1. The highest BCUT2D eigenvalue weighted by Crippen LogP contribution is 2.12. The zero-order valence-corrected chi connectivity index (χ0v) is 12.4. The van der Waals surface area contributed by atoms with E-state index in [0.717, 1.165) is 5.56 Å². The zero-order valence-electron chi connectivity index (χ0n) is 12.4. The van der Waals surface area contributed by atoms with Crippen LogP contribution in [-0.2, 0) is 11.2 Å². The molecule has 0 heterocycles. The van der Waals surface area contributed by atoms with Crippen LogP contribution < -0.4 is 0 Å². The highest BCUT2D eigenvalue weighted by Gasteiger charge is 2.16. The molecule has 1 N–H and O–H groups in total. The van der Waals surface area contributed by atoms with Crippen LogP contribution in [0.15, 0.2) is 18.2 Å². The molecule has 19 heavy (non-hydrogen) atoms. The monoisotopic (exact) mass is 263 g/mol. The second-order valence-electron chi connectivity index (χ2n) is 5.35. The van der Waals surface area contributed by atoms with Crippen LogP contribution in [0.5, 0.6) is 0 Å². The SMILES string of the molecule is Cc1ccc(CC(=O)N(CCCO)C(C)C)cc1C. The molecule has 0 aromatic heterocycles. The number of rotatable bonds is 6. The van der Waals surface area contributed by atoms with Crippen molar-refractivity contribution >= 4 is 5.91 Å². The molecular formula is C16H25NO2. The summed E-state index contributed by atoms with van der Waals surface area (Å²) in [6, 6.07) is 6.33. The molecule has 106 valence electrons. The maximum atomic E-state index is 12.3. The Bertz CT molecular complexity index is 427. The van der Waals surface area contributed by atoms with Crippen molar-refractivity contribution in [1.82, 2.24) is 4.90 Å². The van der Waals surface area contributed by atoms with E-state index < -0.39 is 0 Å². The third-order valence-corrected chi connectivity index (χ3v) is 3.43. The van der Waals surface area contributed by atoms with Gasteiger partial charge >= 0.3 is 0 Å². The molecule has 3 heteroatoms. The molecule has 0 saturated carbocycles. The average molecular weight is 263 g/mol. The van der Waals surface area contributed by atoms with Crippen LogP contribution in [0, 0.1) is 13.8 Å². The summed E-state index contributed by atoms with van der Waals surface area (Å²) < 4.78 is 0. The lowest BCUT2D eigenvalue weighted by atomic mass is 10.0. The van der Waals surface area contributed by atoms with Crippen LogP contribution in [-0.4, -0.2) is 35.1 Å². The van der Waals surface area contributed by atoms with Gasteiger partial charge in [0.05, 0.1) is 6.42 Å². The van der Waals surface area contributed by atoms with Gasteiger partial charge < -0.3 is 10.0 Å². The number of aryl methyl sites for hydroxylation is 2. The Morgan fingerprint density at radius 2 is 1.95 bits per heavy atom. The van der Waals surface area contributed by atoms with E-state index in [1.807, 2.05) is 24.8 Å². The Morgan fingerprint density at radius 1 is 1.26 bits per heavy atom. The van der Waals surface area contributed by atoms with Crippen molar-refractivity contribution in [1.29, 1.82) is 0 Å². The first-order valence-electron chi connectivity index (χ1n) is 6.92. The van der Waals surface area contributed by atoms with Crippen molar-refractivity contribution in [2.24, 2.45) is 0 Å². The van der Waals surface area contributed by atoms with E-state index >= 15 is 0 Å². The Morgan fingerprint density at radius 3 is 2.47 bits per heavy atom. The van der Waals surface area contributed by atoms with E-state index in [0.29, 0.717) is 19.4 Å². The van der Waals surface area contributed by atoms with Crippen molar-refractivity contribution in [2.75, 3.05) is 13.2 Å². The number of carbonyl (C=O) groups is 1. The minimum Gasteiger partial charge on any atom is -0.396 e. The standard InChI is InChI=1S/C16H25NO2/c1-12(2)17(8-5-9-18)16(19)11-15-7-6-13(3)14(4)10-15/h6-7,10,12,18H,5,8-9,11H2,1-4H3. The highest BCUT2D eigenvalue weighted by molar-refractivity contribution is 5.79. The average Bonchev–Trinajstić information content (AvgIpc) is 2.34. The van der Waals surface area contributed by atoms with Gasteiger partial charge in [0, 0.05) is 19.2 Å². The van der Waals surface area contributed by atoms with Gasteiger partial charge in [-0.1, -0.05) is 18.2 Å². The maximum absolute atomic E-state index is 12.3. The number of aliphatic hydroxyl groups is 1. The molecule has 0 spiro atoms. The molecule has 0 bridgehead atoms. The zero-order chi connectivity index (χ0) is 14.4. The second kappa shape index (κ2) is 7.29. The van der Waals surface area contributed by atoms with Crippen LogP contribution in [0.2, 0.25) is 0 Å². The number of hydrogen-bond acceptors (Lipinski definition) is 2. The number of benzene rings is 1. The van der Waals surface area contributed by atoms with Crippen LogP contribution in [0.1, 0.15) is 37.0 Å². The smallest absolute Gasteiger partial charge is 0.227 e. The predicted octanol–water partition coefficient (Wildman–Crippen LogP) is 2.47. The third kappa shape index (κ3) is 4.67. The summed E-state index contributed by atoms with van der Waals surface area (Å²) in [6.45, 7) is 8.90. The van der Waals surface area contributed by atoms with Gasteiger partial charge in [-0.2, -0.15) is 0 Å². The molecule has 0 aliphatic carbocycles. The van der Waals surface area contributed by atoms with E-state index in [1.54, 1.807) is 0 Å². The summed E-state index contributed by atoms with van der Waals surface area (Å²) in [5.41, 5.74) is 3.52. The van der Waals surface area contributed by atoms with E-state index in [9.17, 15) is 4.79 Å². The Hall–Kier alpha value is -1.35. The van der Waals surface area contributed by atoms with Gasteiger partial charge in [0.25, 0.3) is 0 Å². The first-order valence-corrected chi connectivity index (χ1v) is 6.92. The minimum atomic E-state index is 0.125. The summed E-state index contributed by atoms with van der Waals surface area (Å²) in [6.07, 6.45) is 1.07. The van der Waals surface area contributed by atoms with Gasteiger partial charge in [-0.25, -0.2) is 0 Å². The molecular weight excluding hydrogens is 238 g/mol. The van der Waals surface area contributed by atoms with Crippen LogP contribution in [0.25, 0.3) is 0 Å². The second-order valence-corrected chi connectivity index (χ2v) is 5.35. The first kappa shape index (κ1) is 15.7. The van der Waals surface area contributed by atoms with Crippen molar-refractivity contribution < 1.29 is 9.90 Å². The molecule has 3 nitrogen and oxygen atoms in total. The largest absolute Gasteiger partial charge is 0.396 e. The summed E-state index contributed by atoms with van der Waals surface area (Å²) >= 11 is 0. The molecule has 0 unspecified atom stereocenters. The van der Waals surface area contributed by atoms with Crippen LogP contribution in [0.3, 0.4) is 0 Å². The lowest BCUT2D eigenvalue weighted by Gasteiger charge is -2.26. The lowest BCUT2D eigenvalue weighted by molar-refractivity contribution is -0.132. The number of nitrogens with zero attached hydrogens (tertiary/aromatic N) is 1. The van der Waals surface area contributed by atoms with Gasteiger partial charge in [-0.05, 0) is 50.8 Å². The van der Waals surface area contributed by atoms with E-state index in [2.05, 4.69) is 26.0 Å². The number of aliphatic hydroxyl groups excluding tert-OH is 1.